The van der Waals surface area contributed by atoms with Gasteiger partial charge < -0.3 is 0 Å². The number of nitrogens with one attached hydrogen (secondary N) is 1. The Labute approximate surface area is 132 Å². The van der Waals surface area contributed by atoms with Crippen molar-refractivity contribution in [2.75, 3.05) is 5.75 Å². The molecule has 21 heavy (non-hydrogen) atoms. The predicted molar refractivity (Wildman–Crippen MR) is 92.8 cm³/mol. The van der Waals surface area contributed by atoms with Gasteiger partial charge in [0.05, 0.1) is 4.87 Å². The van der Waals surface area contributed by atoms with Crippen molar-refractivity contribution in [1.29, 1.82) is 0 Å². The van der Waals surface area contributed by atoms with Crippen LogP contribution < -0.4 is 5.32 Å². The van der Waals surface area contributed by atoms with E-state index in [4.69, 9.17) is 0 Å². The van der Waals surface area contributed by atoms with Gasteiger partial charge in [-0.1, -0.05) is 60.7 Å². The van der Waals surface area contributed by atoms with Crippen LogP contribution in [0.15, 0.2) is 60.7 Å². The first-order valence-corrected chi connectivity index (χ1v) is 8.52. The lowest BCUT2D eigenvalue weighted by molar-refractivity contribution is 0.358. The molecular weight excluding hydrogens is 274 g/mol. The van der Waals surface area contributed by atoms with Crippen molar-refractivity contribution in [1.82, 2.24) is 5.32 Å². The summed E-state index contributed by atoms with van der Waals surface area (Å²) in [6.07, 6.45) is 0. The van der Waals surface area contributed by atoms with Crippen LogP contribution in [0.3, 0.4) is 0 Å². The maximum atomic E-state index is 3.87. The van der Waals surface area contributed by atoms with E-state index < -0.39 is 0 Å². The molecule has 110 valence electrons. The third kappa shape index (κ3) is 3.02. The van der Waals surface area contributed by atoms with Crippen LogP contribution in [0.4, 0.5) is 0 Å². The number of thioether (sulfide) groups is 1. The SMILES string of the molecule is CC1(C)CSC(C)(C(c2ccccc2)c2ccccc2)N1. The first-order valence-electron chi connectivity index (χ1n) is 7.53. The van der Waals surface area contributed by atoms with E-state index >= 15 is 0 Å². The lowest BCUT2D eigenvalue weighted by atomic mass is 9.84. The summed E-state index contributed by atoms with van der Waals surface area (Å²) in [5.74, 6) is 1.49. The predicted octanol–water partition coefficient (Wildman–Crippen LogP) is 4.65. The van der Waals surface area contributed by atoms with Crippen molar-refractivity contribution in [3.8, 4) is 0 Å². The molecule has 1 fully saturated rings. The van der Waals surface area contributed by atoms with Crippen molar-refractivity contribution in [2.45, 2.75) is 37.1 Å². The second-order valence-corrected chi connectivity index (χ2v) is 8.08. The fourth-order valence-electron chi connectivity index (χ4n) is 3.35. The van der Waals surface area contributed by atoms with Gasteiger partial charge in [0.15, 0.2) is 0 Å². The van der Waals surface area contributed by atoms with Crippen LogP contribution in [0, 0.1) is 0 Å². The second kappa shape index (κ2) is 5.51. The highest BCUT2D eigenvalue weighted by Crippen LogP contribution is 2.47. The van der Waals surface area contributed by atoms with Gasteiger partial charge in [0.1, 0.15) is 0 Å². The molecule has 1 atom stereocenters. The number of rotatable bonds is 3. The highest BCUT2D eigenvalue weighted by molar-refractivity contribution is 8.01. The molecule has 1 nitrogen and oxygen atoms in total. The Morgan fingerprint density at radius 1 is 0.857 bits per heavy atom. The fourth-order valence-corrected chi connectivity index (χ4v) is 4.87. The molecule has 1 unspecified atom stereocenters. The molecule has 2 aromatic rings. The highest BCUT2D eigenvalue weighted by Gasteiger charge is 2.46. The molecule has 1 aliphatic heterocycles. The minimum Gasteiger partial charge on any atom is -0.296 e. The average Bonchev–Trinajstić information content (AvgIpc) is 2.76. The van der Waals surface area contributed by atoms with Crippen molar-refractivity contribution < 1.29 is 0 Å². The van der Waals surface area contributed by atoms with Gasteiger partial charge in [0, 0.05) is 17.2 Å². The Hall–Kier alpha value is -1.25. The molecule has 1 saturated heterocycles. The first kappa shape index (κ1) is 14.7. The Balaban J connectivity index is 2.06. The second-order valence-electron chi connectivity index (χ2n) is 6.66. The van der Waals surface area contributed by atoms with Gasteiger partial charge in [0.2, 0.25) is 0 Å². The van der Waals surface area contributed by atoms with E-state index in [1.165, 1.54) is 11.1 Å². The average molecular weight is 297 g/mol. The Morgan fingerprint density at radius 3 is 1.71 bits per heavy atom. The zero-order valence-electron chi connectivity index (χ0n) is 13.0. The van der Waals surface area contributed by atoms with Crippen molar-refractivity contribution in [2.24, 2.45) is 0 Å². The Kier molecular flexibility index (Phi) is 3.85. The summed E-state index contributed by atoms with van der Waals surface area (Å²) in [5, 5.41) is 3.87. The molecule has 1 heterocycles. The van der Waals surface area contributed by atoms with Gasteiger partial charge in [0.25, 0.3) is 0 Å². The first-order chi connectivity index (χ1) is 10.0. The zero-order valence-corrected chi connectivity index (χ0v) is 13.8. The lowest BCUT2D eigenvalue weighted by Gasteiger charge is -2.36. The van der Waals surface area contributed by atoms with E-state index in [1.54, 1.807) is 0 Å². The number of benzene rings is 2. The maximum Gasteiger partial charge on any atom is 0.0731 e. The van der Waals surface area contributed by atoms with Crippen LogP contribution in [0.5, 0.6) is 0 Å². The lowest BCUT2D eigenvalue weighted by Crippen LogP contribution is -2.49. The van der Waals surface area contributed by atoms with Gasteiger partial charge in [-0.2, -0.15) is 0 Å². The highest BCUT2D eigenvalue weighted by atomic mass is 32.2. The zero-order chi connectivity index (χ0) is 14.9. The number of hydrogen-bond donors (Lipinski definition) is 1. The van der Waals surface area contributed by atoms with Crippen LogP contribution in [-0.2, 0) is 0 Å². The van der Waals surface area contributed by atoms with Gasteiger partial charge in [-0.05, 0) is 31.9 Å². The molecule has 2 heteroatoms. The molecule has 0 saturated carbocycles. The topological polar surface area (TPSA) is 12.0 Å². The molecule has 0 spiro atoms. The maximum absolute atomic E-state index is 3.87. The van der Waals surface area contributed by atoms with Gasteiger partial charge in [-0.15, -0.1) is 11.8 Å². The van der Waals surface area contributed by atoms with E-state index in [9.17, 15) is 0 Å². The molecule has 0 aliphatic carbocycles. The summed E-state index contributed by atoms with van der Waals surface area (Å²) in [7, 11) is 0. The van der Waals surface area contributed by atoms with E-state index in [0.717, 1.165) is 5.75 Å². The van der Waals surface area contributed by atoms with E-state index in [2.05, 4.69) is 86.8 Å². The largest absolute Gasteiger partial charge is 0.296 e. The standard InChI is InChI=1S/C19H23NS/c1-18(2)14-21-19(3,20-18)17(15-10-6-4-7-11-15)16-12-8-5-9-13-16/h4-13,17,20H,14H2,1-3H3. The molecule has 0 aromatic heterocycles. The van der Waals surface area contributed by atoms with E-state index in [0.29, 0.717) is 5.92 Å². The third-order valence-corrected chi connectivity index (χ3v) is 5.94. The molecule has 1 aliphatic rings. The molecule has 0 radical (unpaired) electrons. The van der Waals surface area contributed by atoms with Crippen LogP contribution in [0.1, 0.15) is 37.8 Å². The minimum atomic E-state index is 0.0200. The summed E-state index contributed by atoms with van der Waals surface area (Å²) in [6, 6.07) is 21.7. The van der Waals surface area contributed by atoms with E-state index in [1.807, 2.05) is 11.8 Å². The molecule has 3 rings (SSSR count). The molecule has 0 amide bonds. The van der Waals surface area contributed by atoms with Crippen LogP contribution in [-0.4, -0.2) is 16.2 Å². The summed E-state index contributed by atoms with van der Waals surface area (Å²) >= 11 is 2.04. The quantitative estimate of drug-likeness (QED) is 0.885. The third-order valence-electron chi connectivity index (χ3n) is 4.14. The monoisotopic (exact) mass is 297 g/mol. The fraction of sp³-hybridized carbons (Fsp3) is 0.368. The molecular formula is C19H23NS. The summed E-state index contributed by atoms with van der Waals surface area (Å²) in [6.45, 7) is 6.92. The summed E-state index contributed by atoms with van der Waals surface area (Å²) < 4.78 is 0. The molecule has 1 N–H and O–H groups in total. The van der Waals surface area contributed by atoms with Crippen molar-refractivity contribution >= 4 is 11.8 Å². The van der Waals surface area contributed by atoms with Crippen LogP contribution in [0.25, 0.3) is 0 Å². The molecule has 0 bridgehead atoms. The van der Waals surface area contributed by atoms with Gasteiger partial charge in [-0.25, -0.2) is 0 Å². The van der Waals surface area contributed by atoms with Crippen molar-refractivity contribution in [3.63, 3.8) is 0 Å². The summed E-state index contributed by atoms with van der Waals surface area (Å²) in [5.41, 5.74) is 2.94. The minimum absolute atomic E-state index is 0.0200. The van der Waals surface area contributed by atoms with Gasteiger partial charge >= 0.3 is 0 Å². The Morgan fingerprint density at radius 2 is 1.33 bits per heavy atom. The summed E-state index contributed by atoms with van der Waals surface area (Å²) in [4.78, 5) is 0.0200. The smallest absolute Gasteiger partial charge is 0.0731 e. The molecule has 2 aromatic carbocycles. The van der Waals surface area contributed by atoms with Crippen LogP contribution in [0.2, 0.25) is 0 Å². The normalized spacial score (nSPS) is 24.4. The van der Waals surface area contributed by atoms with Gasteiger partial charge in [-0.3, -0.25) is 5.32 Å². The van der Waals surface area contributed by atoms with E-state index in [-0.39, 0.29) is 10.4 Å². The Bertz CT molecular complexity index is 554. The van der Waals surface area contributed by atoms with Crippen LogP contribution >= 0.6 is 11.8 Å². The number of hydrogen-bond acceptors (Lipinski definition) is 2. The van der Waals surface area contributed by atoms with Crippen molar-refractivity contribution in [3.05, 3.63) is 71.8 Å².